The van der Waals surface area contributed by atoms with Gasteiger partial charge in [0.05, 0.1) is 0 Å². The van der Waals surface area contributed by atoms with Crippen LogP contribution >= 0.6 is 24.4 Å². The lowest BCUT2D eigenvalue weighted by Gasteiger charge is -2.15. The Morgan fingerprint density at radius 3 is 2.55 bits per heavy atom. The second-order valence-corrected chi connectivity index (χ2v) is 5.01. The molecule has 3 unspecified atom stereocenters. The van der Waals surface area contributed by atoms with E-state index < -0.39 is 0 Å². The lowest BCUT2D eigenvalue weighted by molar-refractivity contribution is 0.473. The van der Waals surface area contributed by atoms with Crippen LogP contribution in [0.3, 0.4) is 0 Å². The first-order chi connectivity index (χ1) is 5.27. The molecule has 1 rings (SSSR count). The van der Waals surface area contributed by atoms with Crippen molar-refractivity contribution in [1.29, 1.82) is 0 Å². The van der Waals surface area contributed by atoms with Gasteiger partial charge in [-0.1, -0.05) is 6.92 Å². The molecule has 1 aliphatic rings. The number of hydrogen-bond acceptors (Lipinski definition) is 2. The van der Waals surface area contributed by atoms with Gasteiger partial charge in [-0.2, -0.15) is 24.4 Å². The Balaban J connectivity index is 2.37. The van der Waals surface area contributed by atoms with Crippen LogP contribution < -0.4 is 0 Å². The first-order valence-corrected chi connectivity index (χ1v) is 6.40. The van der Waals surface area contributed by atoms with Gasteiger partial charge in [-0.05, 0) is 48.4 Å². The Morgan fingerprint density at radius 2 is 2.00 bits per heavy atom. The highest BCUT2D eigenvalue weighted by molar-refractivity contribution is 7.98. The van der Waals surface area contributed by atoms with Crippen LogP contribution in [0.1, 0.15) is 19.8 Å². The largest absolute Gasteiger partial charge is 0.179 e. The predicted octanol–water partition coefficient (Wildman–Crippen LogP) is 2.94. The number of thiol groups is 1. The van der Waals surface area contributed by atoms with Gasteiger partial charge in [-0.25, -0.2) is 0 Å². The summed E-state index contributed by atoms with van der Waals surface area (Å²) < 4.78 is 0. The predicted molar refractivity (Wildman–Crippen MR) is 57.6 cm³/mol. The fourth-order valence-electron chi connectivity index (χ4n) is 2.16. The minimum Gasteiger partial charge on any atom is -0.179 e. The summed E-state index contributed by atoms with van der Waals surface area (Å²) in [5.74, 6) is 5.24. The van der Waals surface area contributed by atoms with Gasteiger partial charge >= 0.3 is 0 Å². The molecule has 0 N–H and O–H groups in total. The molecule has 1 aliphatic carbocycles. The third kappa shape index (κ3) is 2.59. The van der Waals surface area contributed by atoms with Crippen LogP contribution in [-0.2, 0) is 0 Å². The van der Waals surface area contributed by atoms with Gasteiger partial charge in [0.25, 0.3) is 0 Å². The standard InChI is InChI=1S/C9H18S2/c1-7-3-8(5-10)9(4-7)6-11-2/h7-10H,3-6H2,1-2H3. The summed E-state index contributed by atoms with van der Waals surface area (Å²) in [6.07, 6.45) is 5.05. The number of hydrogen-bond donors (Lipinski definition) is 1. The van der Waals surface area contributed by atoms with E-state index in [0.29, 0.717) is 0 Å². The van der Waals surface area contributed by atoms with Gasteiger partial charge < -0.3 is 0 Å². The van der Waals surface area contributed by atoms with Crippen molar-refractivity contribution in [3.63, 3.8) is 0 Å². The van der Waals surface area contributed by atoms with Crippen LogP contribution in [0, 0.1) is 17.8 Å². The van der Waals surface area contributed by atoms with Gasteiger partial charge in [-0.3, -0.25) is 0 Å². The summed E-state index contributed by atoms with van der Waals surface area (Å²) in [6, 6.07) is 0. The Kier molecular flexibility index (Phi) is 4.14. The maximum atomic E-state index is 4.40. The molecule has 0 bridgehead atoms. The van der Waals surface area contributed by atoms with Crippen molar-refractivity contribution in [2.24, 2.45) is 17.8 Å². The summed E-state index contributed by atoms with van der Waals surface area (Å²) in [5.41, 5.74) is 0. The van der Waals surface area contributed by atoms with E-state index in [2.05, 4.69) is 25.8 Å². The summed E-state index contributed by atoms with van der Waals surface area (Å²) in [7, 11) is 0. The lowest BCUT2D eigenvalue weighted by atomic mass is 10.0. The van der Waals surface area contributed by atoms with E-state index in [9.17, 15) is 0 Å². The molecule has 11 heavy (non-hydrogen) atoms. The Hall–Kier alpha value is 0.700. The van der Waals surface area contributed by atoms with E-state index in [1.54, 1.807) is 0 Å². The normalized spacial score (nSPS) is 37.9. The second-order valence-electron chi connectivity index (χ2n) is 3.73. The molecule has 3 atom stereocenters. The maximum Gasteiger partial charge on any atom is -0.00389 e. The van der Waals surface area contributed by atoms with Crippen molar-refractivity contribution in [3.8, 4) is 0 Å². The molecular weight excluding hydrogens is 172 g/mol. The van der Waals surface area contributed by atoms with E-state index in [1.165, 1.54) is 18.6 Å². The van der Waals surface area contributed by atoms with E-state index in [0.717, 1.165) is 23.5 Å². The third-order valence-electron chi connectivity index (χ3n) is 2.69. The molecule has 1 saturated carbocycles. The van der Waals surface area contributed by atoms with Crippen LogP contribution in [0.5, 0.6) is 0 Å². The Morgan fingerprint density at radius 1 is 1.36 bits per heavy atom. The van der Waals surface area contributed by atoms with E-state index in [4.69, 9.17) is 0 Å². The van der Waals surface area contributed by atoms with Gasteiger partial charge in [-0.15, -0.1) is 0 Å². The number of rotatable bonds is 3. The van der Waals surface area contributed by atoms with Crippen molar-refractivity contribution in [2.45, 2.75) is 19.8 Å². The minimum absolute atomic E-state index is 0.904. The molecule has 2 heteroatoms. The smallest absolute Gasteiger partial charge is 0.00389 e. The summed E-state index contributed by atoms with van der Waals surface area (Å²) in [6.45, 7) is 2.37. The Labute approximate surface area is 79.9 Å². The Bertz CT molecular complexity index is 114. The average Bonchev–Trinajstić information content (AvgIpc) is 2.32. The lowest BCUT2D eigenvalue weighted by Crippen LogP contribution is -2.11. The highest BCUT2D eigenvalue weighted by Gasteiger charge is 2.30. The summed E-state index contributed by atoms with van der Waals surface area (Å²) in [5, 5.41) is 0. The SMILES string of the molecule is CSCC1CC(C)CC1CS. The summed E-state index contributed by atoms with van der Waals surface area (Å²) >= 11 is 6.39. The molecule has 1 fully saturated rings. The van der Waals surface area contributed by atoms with Crippen molar-refractivity contribution in [3.05, 3.63) is 0 Å². The van der Waals surface area contributed by atoms with Crippen LogP contribution in [0.4, 0.5) is 0 Å². The molecule has 66 valence electrons. The quantitative estimate of drug-likeness (QED) is 0.668. The van der Waals surface area contributed by atoms with Gasteiger partial charge in [0.15, 0.2) is 0 Å². The van der Waals surface area contributed by atoms with Gasteiger partial charge in [0, 0.05) is 0 Å². The molecule has 0 aromatic heterocycles. The van der Waals surface area contributed by atoms with E-state index in [1.807, 2.05) is 11.8 Å². The summed E-state index contributed by atoms with van der Waals surface area (Å²) in [4.78, 5) is 0. The monoisotopic (exact) mass is 190 g/mol. The van der Waals surface area contributed by atoms with Crippen molar-refractivity contribution >= 4 is 24.4 Å². The molecular formula is C9H18S2. The highest BCUT2D eigenvalue weighted by atomic mass is 32.2. The zero-order chi connectivity index (χ0) is 8.27. The van der Waals surface area contributed by atoms with E-state index in [-0.39, 0.29) is 0 Å². The molecule has 0 nitrogen and oxygen atoms in total. The molecule has 0 aromatic carbocycles. The molecule has 0 heterocycles. The minimum atomic E-state index is 0.904. The molecule has 0 radical (unpaired) electrons. The van der Waals surface area contributed by atoms with E-state index >= 15 is 0 Å². The molecule has 0 spiro atoms. The molecule has 0 aromatic rings. The molecule has 0 aliphatic heterocycles. The fraction of sp³-hybridized carbons (Fsp3) is 1.00. The second kappa shape index (κ2) is 4.66. The first-order valence-electron chi connectivity index (χ1n) is 4.37. The van der Waals surface area contributed by atoms with Crippen molar-refractivity contribution < 1.29 is 0 Å². The maximum absolute atomic E-state index is 4.40. The van der Waals surface area contributed by atoms with Gasteiger partial charge in [0.1, 0.15) is 0 Å². The highest BCUT2D eigenvalue weighted by Crippen LogP contribution is 2.38. The van der Waals surface area contributed by atoms with Gasteiger partial charge in [0.2, 0.25) is 0 Å². The third-order valence-corrected chi connectivity index (χ3v) is 3.92. The van der Waals surface area contributed by atoms with Crippen LogP contribution in [-0.4, -0.2) is 17.8 Å². The van der Waals surface area contributed by atoms with Crippen LogP contribution in [0.15, 0.2) is 0 Å². The molecule has 0 amide bonds. The van der Waals surface area contributed by atoms with Crippen LogP contribution in [0.25, 0.3) is 0 Å². The van der Waals surface area contributed by atoms with Crippen molar-refractivity contribution in [1.82, 2.24) is 0 Å². The first kappa shape index (κ1) is 9.79. The van der Waals surface area contributed by atoms with Crippen molar-refractivity contribution in [2.75, 3.05) is 17.8 Å². The van der Waals surface area contributed by atoms with Crippen LogP contribution in [0.2, 0.25) is 0 Å². The zero-order valence-electron chi connectivity index (χ0n) is 7.42. The fourth-order valence-corrected chi connectivity index (χ4v) is 3.44. The zero-order valence-corrected chi connectivity index (χ0v) is 9.13. The molecule has 0 saturated heterocycles. The average molecular weight is 190 g/mol. The topological polar surface area (TPSA) is 0 Å². The number of thioether (sulfide) groups is 1.